The number of carbonyl (C=O) groups excluding carboxylic acids is 2. The number of benzene rings is 1. The Balaban J connectivity index is 1.30. The van der Waals surface area contributed by atoms with Crippen LogP contribution in [-0.2, 0) is 20.9 Å². The van der Waals surface area contributed by atoms with Crippen LogP contribution in [0, 0.1) is 17.7 Å². The number of likely N-dealkylation sites (tertiary alicyclic amines) is 3. The van der Waals surface area contributed by atoms with Crippen molar-refractivity contribution in [3.8, 4) is 0 Å². The highest BCUT2D eigenvalue weighted by Crippen LogP contribution is 2.42. The molecule has 0 spiro atoms. The summed E-state index contributed by atoms with van der Waals surface area (Å²) in [6.07, 6.45) is 5.18. The van der Waals surface area contributed by atoms with Gasteiger partial charge in [0.1, 0.15) is 5.82 Å². The second kappa shape index (κ2) is 9.48. The first kappa shape index (κ1) is 21.8. The Morgan fingerprint density at radius 3 is 2.12 bits per heavy atom. The van der Waals surface area contributed by atoms with Gasteiger partial charge in [0.15, 0.2) is 0 Å². The van der Waals surface area contributed by atoms with Crippen molar-refractivity contribution in [1.82, 2.24) is 14.7 Å². The van der Waals surface area contributed by atoms with Gasteiger partial charge in [-0.2, -0.15) is 0 Å². The molecule has 1 aromatic rings. The number of rotatable bonds is 6. The van der Waals surface area contributed by atoms with E-state index >= 15 is 0 Å². The molecule has 4 aliphatic rings. The normalized spacial score (nSPS) is 30.3. The quantitative estimate of drug-likeness (QED) is 0.678. The van der Waals surface area contributed by atoms with E-state index in [9.17, 15) is 14.0 Å². The monoisotopic (exact) mass is 443 g/mol. The number of ether oxygens (including phenoxy) is 1. The fourth-order valence-corrected chi connectivity index (χ4v) is 6.21. The molecule has 7 heteroatoms. The molecule has 32 heavy (non-hydrogen) atoms. The van der Waals surface area contributed by atoms with Crippen LogP contribution in [-0.4, -0.2) is 78.0 Å². The van der Waals surface area contributed by atoms with Crippen LogP contribution >= 0.6 is 0 Å². The summed E-state index contributed by atoms with van der Waals surface area (Å²) in [4.78, 5) is 32.2. The van der Waals surface area contributed by atoms with Crippen molar-refractivity contribution in [2.24, 2.45) is 11.8 Å². The molecule has 1 aromatic carbocycles. The SMILES string of the molecule is O=C(C[C@@H]1CN(Cc2ccc(F)cc2)[C@@H]2CO[C@@H](CC(=O)N3CCCC3)[C@H]12)N1CCCC1. The van der Waals surface area contributed by atoms with Crippen molar-refractivity contribution < 1.29 is 18.7 Å². The molecule has 4 saturated heterocycles. The number of fused-ring (bicyclic) bond motifs is 1. The molecule has 5 rings (SSSR count). The predicted octanol–water partition coefficient (Wildman–Crippen LogP) is 2.67. The zero-order valence-corrected chi connectivity index (χ0v) is 18.8. The van der Waals surface area contributed by atoms with Crippen molar-refractivity contribution in [2.75, 3.05) is 39.3 Å². The number of hydrogen-bond donors (Lipinski definition) is 0. The third-order valence-corrected chi connectivity index (χ3v) is 7.87. The van der Waals surface area contributed by atoms with Gasteiger partial charge in [0.2, 0.25) is 11.8 Å². The maximum Gasteiger partial charge on any atom is 0.225 e. The number of hydrogen-bond acceptors (Lipinski definition) is 4. The number of nitrogens with zero attached hydrogens (tertiary/aromatic N) is 3. The Morgan fingerprint density at radius 2 is 1.50 bits per heavy atom. The van der Waals surface area contributed by atoms with Crippen molar-refractivity contribution in [2.45, 2.75) is 57.2 Å². The first-order chi connectivity index (χ1) is 15.6. The van der Waals surface area contributed by atoms with Gasteiger partial charge in [0.05, 0.1) is 19.1 Å². The van der Waals surface area contributed by atoms with E-state index in [2.05, 4.69) is 4.90 Å². The Kier molecular flexibility index (Phi) is 6.47. The summed E-state index contributed by atoms with van der Waals surface area (Å²) < 4.78 is 19.6. The second-order valence-corrected chi connectivity index (χ2v) is 9.92. The molecule has 4 heterocycles. The average Bonchev–Trinajstić information content (AvgIpc) is 3.58. The first-order valence-corrected chi connectivity index (χ1v) is 12.2. The summed E-state index contributed by atoms with van der Waals surface area (Å²) >= 11 is 0. The van der Waals surface area contributed by atoms with Gasteiger partial charge in [-0.15, -0.1) is 0 Å². The molecule has 4 atom stereocenters. The van der Waals surface area contributed by atoms with Gasteiger partial charge in [0, 0.05) is 57.6 Å². The van der Waals surface area contributed by atoms with Crippen LogP contribution in [0.4, 0.5) is 4.39 Å². The van der Waals surface area contributed by atoms with E-state index < -0.39 is 0 Å². The number of carbonyl (C=O) groups is 2. The molecule has 4 fully saturated rings. The third kappa shape index (κ3) is 4.55. The van der Waals surface area contributed by atoms with Crippen molar-refractivity contribution in [1.29, 1.82) is 0 Å². The lowest BCUT2D eigenvalue weighted by molar-refractivity contribution is -0.133. The standard InChI is InChI=1S/C25H34FN3O3/c26-20-7-5-18(6-8-20)15-29-16-19(13-23(30)27-9-1-2-10-27)25-21(29)17-32-22(25)14-24(31)28-11-3-4-12-28/h5-8,19,21-22,25H,1-4,9-17H2/t19-,21-,22+,25-/m1/s1. The lowest BCUT2D eigenvalue weighted by atomic mass is 9.84. The van der Waals surface area contributed by atoms with Gasteiger partial charge in [-0.1, -0.05) is 12.1 Å². The summed E-state index contributed by atoms with van der Waals surface area (Å²) in [5, 5.41) is 0. The maximum atomic E-state index is 13.4. The molecule has 0 saturated carbocycles. The van der Waals surface area contributed by atoms with E-state index in [1.165, 1.54) is 12.1 Å². The van der Waals surface area contributed by atoms with E-state index in [4.69, 9.17) is 4.74 Å². The van der Waals surface area contributed by atoms with Crippen LogP contribution in [0.1, 0.15) is 44.1 Å². The van der Waals surface area contributed by atoms with E-state index in [0.29, 0.717) is 26.0 Å². The minimum Gasteiger partial charge on any atom is -0.376 e. The van der Waals surface area contributed by atoms with Crippen LogP contribution in [0.3, 0.4) is 0 Å². The zero-order chi connectivity index (χ0) is 22.1. The number of amides is 2. The average molecular weight is 444 g/mol. The summed E-state index contributed by atoms with van der Waals surface area (Å²) in [7, 11) is 0. The fourth-order valence-electron chi connectivity index (χ4n) is 6.21. The molecule has 0 unspecified atom stereocenters. The maximum absolute atomic E-state index is 13.4. The van der Waals surface area contributed by atoms with Gasteiger partial charge in [-0.05, 0) is 49.3 Å². The Labute approximate surface area is 189 Å². The number of halogens is 1. The molecule has 0 aliphatic carbocycles. The highest BCUT2D eigenvalue weighted by molar-refractivity contribution is 5.78. The Hall–Kier alpha value is -1.99. The third-order valence-electron chi connectivity index (χ3n) is 7.87. The van der Waals surface area contributed by atoms with Crippen molar-refractivity contribution in [3.63, 3.8) is 0 Å². The van der Waals surface area contributed by atoms with Crippen LogP contribution in [0.5, 0.6) is 0 Å². The van der Waals surface area contributed by atoms with Crippen LogP contribution in [0.15, 0.2) is 24.3 Å². The molecular formula is C25H34FN3O3. The highest BCUT2D eigenvalue weighted by atomic mass is 19.1. The van der Waals surface area contributed by atoms with E-state index in [1.54, 1.807) is 0 Å². The summed E-state index contributed by atoms with van der Waals surface area (Å²) in [5.41, 5.74) is 1.06. The second-order valence-electron chi connectivity index (χ2n) is 9.92. The van der Waals surface area contributed by atoms with Crippen LogP contribution < -0.4 is 0 Å². The highest BCUT2D eigenvalue weighted by Gasteiger charge is 2.51. The predicted molar refractivity (Wildman–Crippen MR) is 118 cm³/mol. The molecule has 0 radical (unpaired) electrons. The molecule has 4 aliphatic heterocycles. The smallest absolute Gasteiger partial charge is 0.225 e. The summed E-state index contributed by atoms with van der Waals surface area (Å²) in [6, 6.07) is 6.86. The minimum atomic E-state index is -0.230. The van der Waals surface area contributed by atoms with Crippen molar-refractivity contribution in [3.05, 3.63) is 35.6 Å². The topological polar surface area (TPSA) is 53.1 Å². The van der Waals surface area contributed by atoms with Gasteiger partial charge in [-0.25, -0.2) is 4.39 Å². The zero-order valence-electron chi connectivity index (χ0n) is 18.8. The molecule has 174 valence electrons. The van der Waals surface area contributed by atoms with Gasteiger partial charge >= 0.3 is 0 Å². The van der Waals surface area contributed by atoms with Crippen LogP contribution in [0.2, 0.25) is 0 Å². The Bertz CT molecular complexity index is 820. The largest absolute Gasteiger partial charge is 0.376 e. The van der Waals surface area contributed by atoms with Gasteiger partial charge < -0.3 is 14.5 Å². The lowest BCUT2D eigenvalue weighted by Gasteiger charge is -2.26. The first-order valence-electron chi connectivity index (χ1n) is 12.2. The molecule has 0 bridgehead atoms. The summed E-state index contributed by atoms with van der Waals surface area (Å²) in [5.74, 6) is 0.578. The fraction of sp³-hybridized carbons (Fsp3) is 0.680. The van der Waals surface area contributed by atoms with E-state index in [0.717, 1.165) is 64.0 Å². The molecular weight excluding hydrogens is 409 g/mol. The van der Waals surface area contributed by atoms with Gasteiger partial charge in [0.25, 0.3) is 0 Å². The lowest BCUT2D eigenvalue weighted by Crippen LogP contribution is -2.37. The molecule has 0 aromatic heterocycles. The molecule has 0 N–H and O–H groups in total. The summed E-state index contributed by atoms with van der Waals surface area (Å²) in [6.45, 7) is 5.58. The van der Waals surface area contributed by atoms with E-state index in [1.807, 2.05) is 21.9 Å². The molecule has 2 amide bonds. The van der Waals surface area contributed by atoms with Crippen molar-refractivity contribution >= 4 is 11.8 Å². The molecule has 6 nitrogen and oxygen atoms in total. The van der Waals surface area contributed by atoms with Gasteiger partial charge in [-0.3, -0.25) is 14.5 Å². The Morgan fingerprint density at radius 1 is 0.906 bits per heavy atom. The van der Waals surface area contributed by atoms with Crippen LogP contribution in [0.25, 0.3) is 0 Å². The van der Waals surface area contributed by atoms with E-state index in [-0.39, 0.29) is 41.6 Å². The minimum absolute atomic E-state index is 0.123.